The first kappa shape index (κ1) is 16.5. The van der Waals surface area contributed by atoms with Gasteiger partial charge < -0.3 is 20.7 Å². The molecule has 0 saturated heterocycles. The summed E-state index contributed by atoms with van der Waals surface area (Å²) in [5.74, 6) is 0.163. The van der Waals surface area contributed by atoms with Crippen LogP contribution in [-0.4, -0.2) is 34.7 Å². The largest absolute Gasteiger partial charge is 0.381 e. The van der Waals surface area contributed by atoms with Gasteiger partial charge in [-0.3, -0.25) is 9.59 Å². The van der Waals surface area contributed by atoms with Crippen LogP contribution in [0.3, 0.4) is 0 Å². The molecule has 122 valence electrons. The zero-order chi connectivity index (χ0) is 15.9. The van der Waals surface area contributed by atoms with Crippen LogP contribution in [0, 0.1) is 5.92 Å². The SMILES string of the molecule is CC(Nc1cc[nH]c(=O)c1)C(O)C(=O)NCC1CCCCC1. The summed E-state index contributed by atoms with van der Waals surface area (Å²) in [5, 5.41) is 15.9. The van der Waals surface area contributed by atoms with Crippen molar-refractivity contribution in [3.05, 3.63) is 28.7 Å². The zero-order valence-corrected chi connectivity index (χ0v) is 13.0. The number of H-pyrrole nitrogens is 1. The highest BCUT2D eigenvalue weighted by Crippen LogP contribution is 2.22. The number of anilines is 1. The lowest BCUT2D eigenvalue weighted by Crippen LogP contribution is -2.45. The monoisotopic (exact) mass is 307 g/mol. The molecule has 1 heterocycles. The topological polar surface area (TPSA) is 94.2 Å². The van der Waals surface area contributed by atoms with E-state index in [9.17, 15) is 14.7 Å². The van der Waals surface area contributed by atoms with Crippen LogP contribution < -0.4 is 16.2 Å². The van der Waals surface area contributed by atoms with Crippen molar-refractivity contribution < 1.29 is 9.90 Å². The standard InChI is InChI=1S/C16H25N3O3/c1-11(19-13-7-8-17-14(20)9-13)15(21)16(22)18-10-12-5-3-2-4-6-12/h7-9,11-12,15,21H,2-6,10H2,1H3,(H,18,22)(H2,17,19,20). The number of amides is 1. The van der Waals surface area contributed by atoms with Crippen LogP contribution in [0.5, 0.6) is 0 Å². The van der Waals surface area contributed by atoms with E-state index in [0.717, 1.165) is 12.8 Å². The summed E-state index contributed by atoms with van der Waals surface area (Å²) < 4.78 is 0. The van der Waals surface area contributed by atoms with Gasteiger partial charge in [0.25, 0.3) is 5.91 Å². The molecule has 1 aliphatic rings. The van der Waals surface area contributed by atoms with Crippen LogP contribution >= 0.6 is 0 Å². The van der Waals surface area contributed by atoms with Gasteiger partial charge in [0.1, 0.15) is 0 Å². The van der Waals surface area contributed by atoms with Crippen molar-refractivity contribution in [1.82, 2.24) is 10.3 Å². The molecular formula is C16H25N3O3. The molecule has 0 spiro atoms. The molecule has 0 radical (unpaired) electrons. The van der Waals surface area contributed by atoms with Gasteiger partial charge in [0.05, 0.1) is 6.04 Å². The van der Waals surface area contributed by atoms with Crippen molar-refractivity contribution in [1.29, 1.82) is 0 Å². The minimum absolute atomic E-state index is 0.228. The number of pyridine rings is 1. The molecule has 1 fully saturated rings. The molecule has 0 aliphatic heterocycles. The van der Waals surface area contributed by atoms with Crippen LogP contribution in [0.25, 0.3) is 0 Å². The van der Waals surface area contributed by atoms with E-state index >= 15 is 0 Å². The number of aromatic nitrogens is 1. The van der Waals surface area contributed by atoms with E-state index in [0.29, 0.717) is 18.2 Å². The number of carbonyl (C=O) groups excluding carboxylic acids is 1. The quantitative estimate of drug-likeness (QED) is 0.636. The summed E-state index contributed by atoms with van der Waals surface area (Å²) in [7, 11) is 0. The Bertz CT molecular complexity index is 537. The Balaban J connectivity index is 1.79. The third kappa shape index (κ3) is 4.87. The summed E-state index contributed by atoms with van der Waals surface area (Å²) in [4.78, 5) is 25.7. The molecule has 0 aromatic carbocycles. The summed E-state index contributed by atoms with van der Waals surface area (Å²) in [6.45, 7) is 2.35. The molecule has 6 heteroatoms. The van der Waals surface area contributed by atoms with Gasteiger partial charge >= 0.3 is 0 Å². The Morgan fingerprint density at radius 1 is 1.41 bits per heavy atom. The number of aliphatic hydroxyl groups excluding tert-OH is 1. The fraction of sp³-hybridized carbons (Fsp3) is 0.625. The van der Waals surface area contributed by atoms with E-state index in [1.54, 1.807) is 13.0 Å². The molecule has 1 amide bonds. The summed E-state index contributed by atoms with van der Waals surface area (Å²) in [5.41, 5.74) is 0.351. The maximum atomic E-state index is 12.0. The maximum absolute atomic E-state index is 12.0. The average Bonchev–Trinajstić information content (AvgIpc) is 2.53. The van der Waals surface area contributed by atoms with Crippen molar-refractivity contribution in [2.45, 2.75) is 51.2 Å². The van der Waals surface area contributed by atoms with Crippen molar-refractivity contribution in [2.24, 2.45) is 5.92 Å². The number of hydrogen-bond acceptors (Lipinski definition) is 4. The zero-order valence-electron chi connectivity index (χ0n) is 13.0. The van der Waals surface area contributed by atoms with E-state index in [1.807, 2.05) is 0 Å². The fourth-order valence-electron chi connectivity index (χ4n) is 2.84. The number of hydrogen-bond donors (Lipinski definition) is 4. The number of carbonyl (C=O) groups is 1. The molecule has 0 bridgehead atoms. The van der Waals surface area contributed by atoms with Crippen LogP contribution in [0.1, 0.15) is 39.0 Å². The molecule has 6 nitrogen and oxygen atoms in total. The van der Waals surface area contributed by atoms with Crippen LogP contribution in [0.15, 0.2) is 23.1 Å². The van der Waals surface area contributed by atoms with E-state index in [2.05, 4.69) is 15.6 Å². The lowest BCUT2D eigenvalue weighted by atomic mass is 9.89. The lowest BCUT2D eigenvalue weighted by Gasteiger charge is -2.24. The molecule has 1 aliphatic carbocycles. The van der Waals surface area contributed by atoms with Crippen LogP contribution in [0.2, 0.25) is 0 Å². The molecule has 2 rings (SSSR count). The number of rotatable bonds is 6. The predicted octanol–water partition coefficient (Wildman–Crippen LogP) is 1.23. The lowest BCUT2D eigenvalue weighted by molar-refractivity contribution is -0.130. The van der Waals surface area contributed by atoms with Gasteiger partial charge in [-0.1, -0.05) is 19.3 Å². The smallest absolute Gasteiger partial charge is 0.250 e. The first-order valence-electron chi connectivity index (χ1n) is 7.97. The predicted molar refractivity (Wildman–Crippen MR) is 85.7 cm³/mol. The maximum Gasteiger partial charge on any atom is 0.250 e. The summed E-state index contributed by atoms with van der Waals surface area (Å²) in [6, 6.07) is 2.60. The number of aliphatic hydroxyl groups is 1. The fourth-order valence-corrected chi connectivity index (χ4v) is 2.84. The average molecular weight is 307 g/mol. The second kappa shape index (κ2) is 7.98. The van der Waals surface area contributed by atoms with E-state index < -0.39 is 12.1 Å². The van der Waals surface area contributed by atoms with Crippen molar-refractivity contribution in [3.63, 3.8) is 0 Å². The molecule has 4 N–H and O–H groups in total. The van der Waals surface area contributed by atoms with Gasteiger partial charge in [0, 0.05) is 24.5 Å². The number of aromatic amines is 1. The Morgan fingerprint density at radius 3 is 2.82 bits per heavy atom. The molecule has 1 aromatic heterocycles. The third-order valence-electron chi connectivity index (χ3n) is 4.20. The summed E-state index contributed by atoms with van der Waals surface area (Å²) in [6.07, 6.45) is 6.40. The normalized spacial score (nSPS) is 18.5. The van der Waals surface area contributed by atoms with Gasteiger partial charge in [-0.2, -0.15) is 0 Å². The third-order valence-corrected chi connectivity index (χ3v) is 4.20. The second-order valence-corrected chi connectivity index (χ2v) is 6.07. The van der Waals surface area contributed by atoms with Gasteiger partial charge in [-0.05, 0) is 31.7 Å². The minimum atomic E-state index is -1.15. The van der Waals surface area contributed by atoms with Gasteiger partial charge in [-0.25, -0.2) is 0 Å². The Hall–Kier alpha value is -1.82. The molecule has 2 atom stereocenters. The Morgan fingerprint density at radius 2 is 2.14 bits per heavy atom. The highest BCUT2D eigenvalue weighted by Gasteiger charge is 2.23. The Kier molecular flexibility index (Phi) is 6.00. The second-order valence-electron chi connectivity index (χ2n) is 6.07. The molecule has 2 unspecified atom stereocenters. The molecule has 1 saturated carbocycles. The highest BCUT2D eigenvalue weighted by molar-refractivity contribution is 5.81. The first-order valence-corrected chi connectivity index (χ1v) is 7.97. The van der Waals surface area contributed by atoms with Crippen LogP contribution in [0.4, 0.5) is 5.69 Å². The molecular weight excluding hydrogens is 282 g/mol. The van der Waals surface area contributed by atoms with Gasteiger partial charge in [-0.15, -0.1) is 0 Å². The van der Waals surface area contributed by atoms with E-state index in [-0.39, 0.29) is 11.5 Å². The highest BCUT2D eigenvalue weighted by atomic mass is 16.3. The van der Waals surface area contributed by atoms with Crippen molar-refractivity contribution in [2.75, 3.05) is 11.9 Å². The van der Waals surface area contributed by atoms with Crippen LogP contribution in [-0.2, 0) is 4.79 Å². The van der Waals surface area contributed by atoms with Gasteiger partial charge in [0.15, 0.2) is 6.10 Å². The van der Waals surface area contributed by atoms with Crippen molar-refractivity contribution in [3.8, 4) is 0 Å². The van der Waals surface area contributed by atoms with E-state index in [1.165, 1.54) is 31.5 Å². The first-order chi connectivity index (χ1) is 10.6. The summed E-state index contributed by atoms with van der Waals surface area (Å²) >= 11 is 0. The molecule has 1 aromatic rings. The molecule has 22 heavy (non-hydrogen) atoms. The van der Waals surface area contributed by atoms with Gasteiger partial charge in [0.2, 0.25) is 5.56 Å². The van der Waals surface area contributed by atoms with E-state index in [4.69, 9.17) is 0 Å². The Labute approximate surface area is 130 Å². The minimum Gasteiger partial charge on any atom is -0.381 e. The van der Waals surface area contributed by atoms with Crippen molar-refractivity contribution >= 4 is 11.6 Å². The number of nitrogens with one attached hydrogen (secondary N) is 3.